The van der Waals surface area contributed by atoms with Crippen LogP contribution >= 0.6 is 0 Å². The number of pyridine rings is 1. The van der Waals surface area contributed by atoms with Gasteiger partial charge < -0.3 is 9.84 Å². The lowest BCUT2D eigenvalue weighted by molar-refractivity contribution is 0.102. The summed E-state index contributed by atoms with van der Waals surface area (Å²) in [5.74, 6) is 0.883. The molecule has 122 valence electrons. The third-order valence-corrected chi connectivity index (χ3v) is 3.63. The smallest absolute Gasteiger partial charge is 0.258 e. The van der Waals surface area contributed by atoms with Gasteiger partial charge in [0.2, 0.25) is 0 Å². The Labute approximate surface area is 139 Å². The van der Waals surface area contributed by atoms with Gasteiger partial charge in [-0.2, -0.15) is 4.98 Å². The van der Waals surface area contributed by atoms with E-state index in [0.717, 1.165) is 11.3 Å². The van der Waals surface area contributed by atoms with Gasteiger partial charge in [-0.3, -0.25) is 9.78 Å². The van der Waals surface area contributed by atoms with Crippen molar-refractivity contribution in [3.8, 4) is 11.5 Å². The minimum absolute atomic E-state index is 0.156. The van der Waals surface area contributed by atoms with Crippen molar-refractivity contribution in [2.24, 2.45) is 0 Å². The number of rotatable bonds is 4. The fourth-order valence-electron chi connectivity index (χ4n) is 2.25. The second kappa shape index (κ2) is 6.62. The molecule has 0 atom stereocenters. The zero-order valence-corrected chi connectivity index (χ0v) is 13.8. The summed E-state index contributed by atoms with van der Waals surface area (Å²) in [6.07, 6.45) is 3.34. The van der Waals surface area contributed by atoms with Crippen LogP contribution in [0.5, 0.6) is 0 Å². The average Bonchev–Trinajstić information content (AvgIpc) is 3.07. The number of nitrogens with one attached hydrogen (secondary N) is 1. The number of benzene rings is 1. The molecular formula is C18H18N4O2. The Morgan fingerprint density at radius 1 is 1.21 bits per heavy atom. The molecule has 1 aromatic carbocycles. The van der Waals surface area contributed by atoms with Gasteiger partial charge in [0, 0.05) is 24.0 Å². The van der Waals surface area contributed by atoms with Gasteiger partial charge in [-0.1, -0.05) is 31.1 Å². The zero-order chi connectivity index (χ0) is 17.1. The molecule has 0 spiro atoms. The summed E-state index contributed by atoms with van der Waals surface area (Å²) in [4.78, 5) is 21.1. The molecule has 0 aliphatic heterocycles. The van der Waals surface area contributed by atoms with E-state index in [4.69, 9.17) is 4.52 Å². The highest BCUT2D eigenvalue weighted by atomic mass is 16.5. The predicted octanol–water partition coefficient (Wildman–Crippen LogP) is 3.82. The van der Waals surface area contributed by atoms with E-state index in [1.165, 1.54) is 0 Å². The van der Waals surface area contributed by atoms with Crippen LogP contribution in [-0.2, 0) is 0 Å². The summed E-state index contributed by atoms with van der Waals surface area (Å²) >= 11 is 0. The van der Waals surface area contributed by atoms with Gasteiger partial charge >= 0.3 is 0 Å². The average molecular weight is 322 g/mol. The molecule has 6 heteroatoms. The summed E-state index contributed by atoms with van der Waals surface area (Å²) in [5, 5.41) is 6.86. The van der Waals surface area contributed by atoms with Crippen LogP contribution < -0.4 is 5.32 Å². The minimum Gasteiger partial charge on any atom is -0.334 e. The van der Waals surface area contributed by atoms with Crippen molar-refractivity contribution >= 4 is 11.6 Å². The number of hydrogen-bond acceptors (Lipinski definition) is 5. The molecule has 0 radical (unpaired) electrons. The number of amides is 1. The van der Waals surface area contributed by atoms with E-state index in [0.29, 0.717) is 22.8 Å². The first-order chi connectivity index (χ1) is 11.6. The number of aromatic nitrogens is 3. The molecule has 6 nitrogen and oxygen atoms in total. The Hall–Kier alpha value is -3.02. The fourth-order valence-corrected chi connectivity index (χ4v) is 2.25. The molecule has 3 aromatic rings. The number of aryl methyl sites for hydroxylation is 1. The maximum atomic E-state index is 12.7. The number of nitrogens with zero attached hydrogens (tertiary/aromatic N) is 3. The van der Waals surface area contributed by atoms with E-state index in [-0.39, 0.29) is 11.8 Å². The van der Waals surface area contributed by atoms with Crippen molar-refractivity contribution in [1.82, 2.24) is 15.1 Å². The van der Waals surface area contributed by atoms with E-state index in [9.17, 15) is 4.79 Å². The molecule has 1 N–H and O–H groups in total. The van der Waals surface area contributed by atoms with Crippen molar-refractivity contribution in [2.45, 2.75) is 26.7 Å². The summed E-state index contributed by atoms with van der Waals surface area (Å²) in [5.41, 5.74) is 2.70. The lowest BCUT2D eigenvalue weighted by Gasteiger charge is -2.09. The number of carbonyl (C=O) groups is 1. The Bertz CT molecular complexity index is 871. The van der Waals surface area contributed by atoms with Crippen molar-refractivity contribution < 1.29 is 9.32 Å². The van der Waals surface area contributed by atoms with Crippen molar-refractivity contribution in [3.63, 3.8) is 0 Å². The molecule has 0 saturated carbocycles. The molecule has 1 amide bonds. The largest absolute Gasteiger partial charge is 0.334 e. The summed E-state index contributed by atoms with van der Waals surface area (Å²) in [6.45, 7) is 5.86. The lowest BCUT2D eigenvalue weighted by Crippen LogP contribution is -2.14. The fraction of sp³-hybridized carbons (Fsp3) is 0.222. The quantitative estimate of drug-likeness (QED) is 0.790. The molecule has 2 heterocycles. The van der Waals surface area contributed by atoms with Crippen LogP contribution in [0.25, 0.3) is 11.5 Å². The second-order valence-electron chi connectivity index (χ2n) is 5.80. The first-order valence-corrected chi connectivity index (χ1v) is 7.71. The van der Waals surface area contributed by atoms with Crippen LogP contribution in [0.4, 0.5) is 5.69 Å². The third kappa shape index (κ3) is 3.17. The summed E-state index contributed by atoms with van der Waals surface area (Å²) in [7, 11) is 0. The molecule has 0 aliphatic rings. The second-order valence-corrected chi connectivity index (χ2v) is 5.80. The molecule has 0 fully saturated rings. The van der Waals surface area contributed by atoms with E-state index in [1.807, 2.05) is 26.8 Å². The normalized spacial score (nSPS) is 10.8. The Morgan fingerprint density at radius 3 is 2.71 bits per heavy atom. The highest BCUT2D eigenvalue weighted by Crippen LogP contribution is 2.25. The number of anilines is 1. The van der Waals surface area contributed by atoms with E-state index >= 15 is 0 Å². The molecule has 2 aromatic heterocycles. The minimum atomic E-state index is -0.232. The zero-order valence-electron chi connectivity index (χ0n) is 13.8. The van der Waals surface area contributed by atoms with Gasteiger partial charge in [0.25, 0.3) is 11.8 Å². The van der Waals surface area contributed by atoms with Crippen molar-refractivity contribution in [2.75, 3.05) is 5.32 Å². The van der Waals surface area contributed by atoms with E-state index in [2.05, 4.69) is 20.4 Å². The van der Waals surface area contributed by atoms with Crippen LogP contribution in [-0.4, -0.2) is 21.0 Å². The Morgan fingerprint density at radius 2 is 2.00 bits per heavy atom. The van der Waals surface area contributed by atoms with Gasteiger partial charge in [-0.15, -0.1) is 0 Å². The maximum absolute atomic E-state index is 12.7. The topological polar surface area (TPSA) is 80.9 Å². The molecule has 24 heavy (non-hydrogen) atoms. The Kier molecular flexibility index (Phi) is 4.37. The highest BCUT2D eigenvalue weighted by molar-refractivity contribution is 6.08. The van der Waals surface area contributed by atoms with Gasteiger partial charge in [0.15, 0.2) is 5.82 Å². The van der Waals surface area contributed by atoms with Crippen LogP contribution in [0.2, 0.25) is 0 Å². The molecule has 3 rings (SSSR count). The van der Waals surface area contributed by atoms with E-state index < -0.39 is 0 Å². The lowest BCUT2D eigenvalue weighted by atomic mass is 10.1. The monoisotopic (exact) mass is 322 g/mol. The highest BCUT2D eigenvalue weighted by Gasteiger charge is 2.18. The third-order valence-electron chi connectivity index (χ3n) is 3.63. The molecule has 0 unspecified atom stereocenters. The van der Waals surface area contributed by atoms with Crippen LogP contribution in [0.3, 0.4) is 0 Å². The standard InChI is InChI=1S/C18H18N4O2/c1-11(2)16-21-18(24-22-16)14-7-5-4-6-13(14)17(23)20-15-8-9-19-10-12(15)3/h4-11H,1-3H3,(H,19,20,23). The van der Waals surface area contributed by atoms with Crippen LogP contribution in [0.1, 0.15) is 41.5 Å². The number of carbonyl (C=O) groups excluding carboxylic acids is 1. The first-order valence-electron chi connectivity index (χ1n) is 7.71. The molecule has 0 aliphatic carbocycles. The summed E-state index contributed by atoms with van der Waals surface area (Å²) in [6, 6.07) is 8.94. The van der Waals surface area contributed by atoms with Crippen LogP contribution in [0.15, 0.2) is 47.2 Å². The van der Waals surface area contributed by atoms with Gasteiger partial charge in [0.1, 0.15) is 0 Å². The van der Waals surface area contributed by atoms with Crippen molar-refractivity contribution in [1.29, 1.82) is 0 Å². The molecule has 0 saturated heterocycles. The van der Waals surface area contributed by atoms with Crippen LogP contribution in [0, 0.1) is 6.92 Å². The predicted molar refractivity (Wildman–Crippen MR) is 90.8 cm³/mol. The maximum Gasteiger partial charge on any atom is 0.258 e. The van der Waals surface area contributed by atoms with Gasteiger partial charge in [-0.25, -0.2) is 0 Å². The van der Waals surface area contributed by atoms with Crippen molar-refractivity contribution in [3.05, 3.63) is 59.7 Å². The Balaban J connectivity index is 1.94. The number of hydrogen-bond donors (Lipinski definition) is 1. The van der Waals surface area contributed by atoms with Gasteiger partial charge in [-0.05, 0) is 30.7 Å². The van der Waals surface area contributed by atoms with E-state index in [1.54, 1.807) is 36.7 Å². The van der Waals surface area contributed by atoms with Gasteiger partial charge in [0.05, 0.1) is 11.1 Å². The first kappa shape index (κ1) is 15.9. The summed E-state index contributed by atoms with van der Waals surface area (Å²) < 4.78 is 5.33. The molecule has 0 bridgehead atoms. The SMILES string of the molecule is Cc1cnccc1NC(=O)c1ccccc1-c1nc(C(C)C)no1. The molecular weight excluding hydrogens is 304 g/mol.